The molecule has 3 heterocycles. The van der Waals surface area contributed by atoms with Crippen molar-refractivity contribution in [3.63, 3.8) is 0 Å². The van der Waals surface area contributed by atoms with Crippen LogP contribution < -0.4 is 14.8 Å². The predicted molar refractivity (Wildman–Crippen MR) is 151 cm³/mol. The summed E-state index contributed by atoms with van der Waals surface area (Å²) in [5, 5.41) is 3.49. The highest BCUT2D eigenvalue weighted by atomic mass is 32.2. The number of benzene rings is 3. The van der Waals surface area contributed by atoms with E-state index in [-0.39, 0.29) is 17.1 Å². The molecule has 1 saturated heterocycles. The average Bonchev–Trinajstić information content (AvgIpc) is 3.48. The van der Waals surface area contributed by atoms with Crippen molar-refractivity contribution in [3.05, 3.63) is 76.9 Å². The van der Waals surface area contributed by atoms with Crippen molar-refractivity contribution >= 4 is 27.2 Å². The molecule has 0 aliphatic carbocycles. The van der Waals surface area contributed by atoms with E-state index < -0.39 is 10.0 Å². The van der Waals surface area contributed by atoms with E-state index in [4.69, 9.17) is 4.74 Å². The number of carbonyl (C=O) groups excluding carboxylic acids is 1. The predicted octanol–water partition coefficient (Wildman–Crippen LogP) is 4.47. The second kappa shape index (κ2) is 9.13. The van der Waals surface area contributed by atoms with E-state index in [9.17, 15) is 13.2 Å². The van der Waals surface area contributed by atoms with Crippen LogP contribution >= 0.6 is 0 Å². The van der Waals surface area contributed by atoms with Crippen LogP contribution in [-0.2, 0) is 21.9 Å². The number of nitrogens with zero attached hydrogens (tertiary/aromatic N) is 1. The molecule has 2 atom stereocenters. The van der Waals surface area contributed by atoms with Crippen LogP contribution in [0.3, 0.4) is 0 Å². The molecule has 38 heavy (non-hydrogen) atoms. The molecule has 8 heteroatoms. The van der Waals surface area contributed by atoms with Crippen LogP contribution in [0.15, 0.2) is 54.6 Å². The lowest BCUT2D eigenvalue weighted by molar-refractivity contribution is 0.0590. The number of carbonyl (C=O) groups is 1. The normalized spacial score (nSPS) is 22.4. The molecule has 0 saturated carbocycles. The van der Waals surface area contributed by atoms with Crippen LogP contribution in [0.4, 0.5) is 11.4 Å². The number of sulfonamides is 1. The van der Waals surface area contributed by atoms with Crippen LogP contribution in [0.2, 0.25) is 0 Å². The number of fused-ring (bicyclic) bond motifs is 3. The molecule has 0 aromatic heterocycles. The van der Waals surface area contributed by atoms with Gasteiger partial charge in [0.25, 0.3) is 0 Å². The lowest BCUT2D eigenvalue weighted by Crippen LogP contribution is -2.52. The largest absolute Gasteiger partial charge is 0.492 e. The zero-order valence-electron chi connectivity index (χ0n) is 22.0. The van der Waals surface area contributed by atoms with Gasteiger partial charge in [-0.05, 0) is 79.9 Å². The zero-order valence-corrected chi connectivity index (χ0v) is 22.8. The monoisotopic (exact) mass is 531 g/mol. The van der Waals surface area contributed by atoms with Gasteiger partial charge in [0.05, 0.1) is 12.9 Å². The van der Waals surface area contributed by atoms with Crippen molar-refractivity contribution < 1.29 is 17.9 Å². The summed E-state index contributed by atoms with van der Waals surface area (Å²) in [5.41, 5.74) is 7.49. The lowest BCUT2D eigenvalue weighted by Gasteiger charge is -2.43. The summed E-state index contributed by atoms with van der Waals surface area (Å²) in [5.74, 6) is 0.891. The highest BCUT2D eigenvalue weighted by molar-refractivity contribution is 7.92. The topological polar surface area (TPSA) is 87.7 Å². The van der Waals surface area contributed by atoms with E-state index >= 15 is 0 Å². The molecule has 198 valence electrons. The number of hydrogen-bond donors (Lipinski definition) is 2. The van der Waals surface area contributed by atoms with Crippen LogP contribution in [0.1, 0.15) is 33.5 Å². The van der Waals surface area contributed by atoms with Gasteiger partial charge < -0.3 is 15.0 Å². The smallest absolute Gasteiger partial charge is 0.229 e. The van der Waals surface area contributed by atoms with Gasteiger partial charge in [0.15, 0.2) is 5.78 Å². The van der Waals surface area contributed by atoms with Crippen molar-refractivity contribution in [2.45, 2.75) is 25.2 Å². The van der Waals surface area contributed by atoms with Gasteiger partial charge in [0, 0.05) is 46.9 Å². The molecule has 3 aliphatic heterocycles. The van der Waals surface area contributed by atoms with Gasteiger partial charge in [0.1, 0.15) is 5.75 Å². The second-order valence-corrected chi connectivity index (χ2v) is 12.8. The maximum Gasteiger partial charge on any atom is 0.229 e. The number of nitrogens with one attached hydrogen (secondary N) is 2. The fourth-order valence-corrected chi connectivity index (χ4v) is 6.92. The molecule has 0 bridgehead atoms. The molecule has 6 rings (SSSR count). The Morgan fingerprint density at radius 2 is 1.92 bits per heavy atom. The number of ether oxygens (including phenoxy) is 1. The van der Waals surface area contributed by atoms with Crippen LogP contribution in [0.25, 0.3) is 11.1 Å². The Morgan fingerprint density at radius 3 is 2.66 bits per heavy atom. The number of anilines is 2. The average molecular weight is 532 g/mol. The third-order valence-electron chi connectivity index (χ3n) is 8.36. The van der Waals surface area contributed by atoms with E-state index in [1.807, 2.05) is 43.3 Å². The minimum atomic E-state index is -3.34. The number of aryl methyl sites for hydroxylation is 1. The van der Waals surface area contributed by atoms with E-state index in [0.717, 1.165) is 54.6 Å². The first-order chi connectivity index (χ1) is 18.1. The first-order valence-electron chi connectivity index (χ1n) is 13.1. The van der Waals surface area contributed by atoms with Gasteiger partial charge in [-0.25, -0.2) is 8.42 Å². The third kappa shape index (κ3) is 4.35. The molecule has 0 radical (unpaired) electrons. The van der Waals surface area contributed by atoms with E-state index in [1.165, 1.54) is 16.8 Å². The van der Waals surface area contributed by atoms with Crippen LogP contribution in [0, 0.1) is 12.8 Å². The molecular formula is C30H33N3O4S. The van der Waals surface area contributed by atoms with Crippen LogP contribution in [-0.4, -0.2) is 58.6 Å². The molecule has 3 aliphatic rings. The van der Waals surface area contributed by atoms with Crippen molar-refractivity contribution in [2.24, 2.45) is 5.92 Å². The van der Waals surface area contributed by atoms with Crippen LogP contribution in [0.5, 0.6) is 5.75 Å². The van der Waals surface area contributed by atoms with E-state index in [0.29, 0.717) is 24.4 Å². The molecule has 2 N–H and O–H groups in total. The molecule has 1 spiro atoms. The Kier molecular flexibility index (Phi) is 6.00. The van der Waals surface area contributed by atoms with Crippen molar-refractivity contribution in [1.29, 1.82) is 0 Å². The summed E-state index contributed by atoms with van der Waals surface area (Å²) >= 11 is 0. The van der Waals surface area contributed by atoms with Gasteiger partial charge in [-0.3, -0.25) is 9.52 Å². The molecule has 3 aromatic rings. The van der Waals surface area contributed by atoms with Gasteiger partial charge >= 0.3 is 0 Å². The summed E-state index contributed by atoms with van der Waals surface area (Å²) in [6, 6.07) is 17.7. The minimum Gasteiger partial charge on any atom is -0.492 e. The fraction of sp³-hybridized carbons (Fsp3) is 0.367. The fourth-order valence-electron chi connectivity index (χ4n) is 6.37. The Labute approximate surface area is 224 Å². The second-order valence-electron chi connectivity index (χ2n) is 11.0. The molecular weight excluding hydrogens is 498 g/mol. The summed E-state index contributed by atoms with van der Waals surface area (Å²) in [6.45, 7) is 5.06. The Bertz CT molecular complexity index is 1530. The quantitative estimate of drug-likeness (QED) is 0.473. The molecule has 3 aromatic carbocycles. The van der Waals surface area contributed by atoms with Crippen molar-refractivity contribution in [2.75, 3.05) is 49.6 Å². The first-order valence-corrected chi connectivity index (χ1v) is 15.0. The van der Waals surface area contributed by atoms with Gasteiger partial charge in [-0.15, -0.1) is 0 Å². The SMILES string of the molecule is Cc1cc(NS(C)(=O)=O)ccc1-c1ccc(C(=O)C2CN(C)CCC23COc2cc4c(cc23)NCC4)cc1. The Morgan fingerprint density at radius 1 is 1.13 bits per heavy atom. The maximum absolute atomic E-state index is 14.1. The summed E-state index contributed by atoms with van der Waals surface area (Å²) in [6.07, 6.45) is 3.03. The molecule has 1 fully saturated rings. The maximum atomic E-state index is 14.1. The zero-order chi connectivity index (χ0) is 26.7. The Hall–Kier alpha value is -3.36. The number of Topliss-reactive ketones (excluding diaryl/α,β-unsaturated/α-hetero) is 1. The highest BCUT2D eigenvalue weighted by Gasteiger charge is 2.52. The standard InChI is InChI=1S/C30H33N3O4S/c1-19-14-23(32-38(3,35)36)8-9-24(19)20-4-6-21(7-5-20)29(34)26-17-33(2)13-11-30(26)18-37-28-15-22-10-12-31-27(22)16-25(28)30/h4-9,14-16,26,31-32H,10-13,17-18H2,1-3H3. The number of piperidine rings is 1. The summed E-state index contributed by atoms with van der Waals surface area (Å²) in [7, 11) is -1.25. The third-order valence-corrected chi connectivity index (χ3v) is 8.97. The van der Waals surface area contributed by atoms with Gasteiger partial charge in [0.2, 0.25) is 10.0 Å². The lowest BCUT2D eigenvalue weighted by atomic mass is 9.64. The van der Waals surface area contributed by atoms with Crippen molar-refractivity contribution in [3.8, 4) is 16.9 Å². The summed E-state index contributed by atoms with van der Waals surface area (Å²) in [4.78, 5) is 16.3. The number of hydrogen-bond acceptors (Lipinski definition) is 6. The number of ketones is 1. The van der Waals surface area contributed by atoms with Crippen molar-refractivity contribution in [1.82, 2.24) is 4.90 Å². The Balaban J connectivity index is 1.30. The molecule has 7 nitrogen and oxygen atoms in total. The minimum absolute atomic E-state index is 0.150. The van der Waals surface area contributed by atoms with Gasteiger partial charge in [-0.1, -0.05) is 30.3 Å². The van der Waals surface area contributed by atoms with E-state index in [1.54, 1.807) is 6.07 Å². The summed E-state index contributed by atoms with van der Waals surface area (Å²) < 4.78 is 31.9. The molecule has 2 unspecified atom stereocenters. The van der Waals surface area contributed by atoms with E-state index in [2.05, 4.69) is 34.1 Å². The molecule has 0 amide bonds. The highest BCUT2D eigenvalue weighted by Crippen LogP contribution is 2.51. The van der Waals surface area contributed by atoms with Gasteiger partial charge in [-0.2, -0.15) is 0 Å². The first kappa shape index (κ1) is 24.9. The number of likely N-dealkylation sites (tertiary alicyclic amines) is 1. The number of rotatable bonds is 5.